The van der Waals surface area contributed by atoms with Gasteiger partial charge in [0.2, 0.25) is 10.0 Å². The number of rotatable bonds is 9. The quantitative estimate of drug-likeness (QED) is 0.682. The Labute approximate surface area is 137 Å². The molecule has 1 aromatic heterocycles. The van der Waals surface area contributed by atoms with Crippen LogP contribution in [0.1, 0.15) is 33.1 Å². The number of hydrogen-bond donors (Lipinski definition) is 2. The Morgan fingerprint density at radius 2 is 1.86 bits per heavy atom. The van der Waals surface area contributed by atoms with E-state index >= 15 is 0 Å². The Morgan fingerprint density at radius 3 is 2.64 bits per heavy atom. The van der Waals surface area contributed by atoms with Gasteiger partial charge in [-0.05, 0) is 55.7 Å². The van der Waals surface area contributed by atoms with Crippen molar-refractivity contribution in [2.45, 2.75) is 38.4 Å². The van der Waals surface area contributed by atoms with E-state index in [0.717, 1.165) is 31.5 Å². The summed E-state index contributed by atoms with van der Waals surface area (Å²) in [6.45, 7) is 4.82. The van der Waals surface area contributed by atoms with Crippen molar-refractivity contribution in [2.24, 2.45) is 0 Å². The number of nitrogens with one attached hydrogen (secondary N) is 2. The van der Waals surface area contributed by atoms with Gasteiger partial charge in [0, 0.05) is 23.5 Å². The third-order valence-electron chi connectivity index (χ3n) is 3.56. The molecule has 0 atom stereocenters. The lowest BCUT2D eigenvalue weighted by Gasteiger charge is -2.09. The highest BCUT2D eigenvalue weighted by Crippen LogP contribution is 2.24. The van der Waals surface area contributed by atoms with Crippen LogP contribution in [0.2, 0.25) is 0 Å². The van der Waals surface area contributed by atoms with Gasteiger partial charge in [-0.2, -0.15) is 0 Å². The van der Waals surface area contributed by atoms with Gasteiger partial charge in [0.25, 0.3) is 0 Å². The number of fused-ring (bicyclic) bond motifs is 1. The molecule has 0 unspecified atom stereocenters. The van der Waals surface area contributed by atoms with E-state index in [4.69, 9.17) is 0 Å². The Hall–Kier alpha value is -1.11. The maximum absolute atomic E-state index is 11.6. The molecular weight excluding hydrogens is 316 g/mol. The first-order chi connectivity index (χ1) is 10.5. The van der Waals surface area contributed by atoms with Crippen molar-refractivity contribution in [1.82, 2.24) is 4.72 Å². The molecule has 0 amide bonds. The lowest BCUT2D eigenvalue weighted by atomic mass is 10.2. The molecule has 122 valence electrons. The third-order valence-corrected chi connectivity index (χ3v) is 6.29. The summed E-state index contributed by atoms with van der Waals surface area (Å²) in [5, 5.41) is 6.45. The van der Waals surface area contributed by atoms with Gasteiger partial charge in [0.15, 0.2) is 0 Å². The van der Waals surface area contributed by atoms with Gasteiger partial charge in [-0.15, -0.1) is 11.3 Å². The molecule has 0 aliphatic rings. The molecule has 6 heteroatoms. The number of sulfonamides is 1. The summed E-state index contributed by atoms with van der Waals surface area (Å²) < 4.78 is 27.1. The van der Waals surface area contributed by atoms with Gasteiger partial charge in [-0.1, -0.05) is 12.5 Å². The second kappa shape index (κ2) is 7.94. The molecule has 0 saturated carbocycles. The predicted molar refractivity (Wildman–Crippen MR) is 96.2 cm³/mol. The molecule has 0 aliphatic heterocycles. The smallest absolute Gasteiger partial charge is 0.213 e. The second-order valence-electron chi connectivity index (χ2n) is 5.65. The Balaban J connectivity index is 1.61. The van der Waals surface area contributed by atoms with Crippen molar-refractivity contribution in [3.63, 3.8) is 0 Å². The molecule has 0 aliphatic carbocycles. The number of benzene rings is 1. The molecule has 22 heavy (non-hydrogen) atoms. The normalized spacial score (nSPS) is 12.1. The average molecular weight is 341 g/mol. The molecule has 2 aromatic rings. The van der Waals surface area contributed by atoms with Crippen molar-refractivity contribution in [2.75, 3.05) is 18.4 Å². The summed E-state index contributed by atoms with van der Waals surface area (Å²) in [5.74, 6) is 0. The van der Waals surface area contributed by atoms with Gasteiger partial charge in [0.05, 0.1) is 5.25 Å². The Morgan fingerprint density at radius 1 is 1.09 bits per heavy atom. The van der Waals surface area contributed by atoms with Crippen LogP contribution in [0.25, 0.3) is 10.1 Å². The van der Waals surface area contributed by atoms with Gasteiger partial charge in [-0.25, -0.2) is 13.1 Å². The second-order valence-corrected chi connectivity index (χ2v) is 8.92. The van der Waals surface area contributed by atoms with E-state index in [9.17, 15) is 8.42 Å². The van der Waals surface area contributed by atoms with Crippen LogP contribution in [-0.4, -0.2) is 26.8 Å². The maximum atomic E-state index is 11.6. The van der Waals surface area contributed by atoms with E-state index in [1.807, 2.05) is 0 Å². The summed E-state index contributed by atoms with van der Waals surface area (Å²) in [6, 6.07) is 8.54. The first kappa shape index (κ1) is 17.2. The van der Waals surface area contributed by atoms with Gasteiger partial charge >= 0.3 is 0 Å². The van der Waals surface area contributed by atoms with Crippen molar-refractivity contribution in [1.29, 1.82) is 0 Å². The van der Waals surface area contributed by atoms with E-state index in [-0.39, 0.29) is 5.25 Å². The molecule has 2 rings (SSSR count). The minimum atomic E-state index is -3.11. The maximum Gasteiger partial charge on any atom is 0.213 e. The minimum Gasteiger partial charge on any atom is -0.385 e. The summed E-state index contributed by atoms with van der Waals surface area (Å²) in [7, 11) is -3.11. The fourth-order valence-electron chi connectivity index (χ4n) is 2.11. The van der Waals surface area contributed by atoms with Crippen molar-refractivity contribution in [3.05, 3.63) is 29.6 Å². The van der Waals surface area contributed by atoms with Crippen molar-refractivity contribution in [3.8, 4) is 0 Å². The number of unbranched alkanes of at least 4 members (excludes halogenated alkanes) is 2. The highest BCUT2D eigenvalue weighted by molar-refractivity contribution is 7.90. The summed E-state index contributed by atoms with van der Waals surface area (Å²) in [6.07, 6.45) is 2.92. The zero-order chi connectivity index (χ0) is 16.0. The van der Waals surface area contributed by atoms with E-state index in [1.165, 1.54) is 10.1 Å². The fourth-order valence-corrected chi connectivity index (χ4v) is 3.70. The van der Waals surface area contributed by atoms with Crippen LogP contribution in [0.4, 0.5) is 5.69 Å². The summed E-state index contributed by atoms with van der Waals surface area (Å²) in [5.41, 5.74) is 1.15. The monoisotopic (exact) mass is 340 g/mol. The number of thiophene rings is 1. The first-order valence-corrected chi connectivity index (χ1v) is 10.1. The first-order valence-electron chi connectivity index (χ1n) is 7.68. The van der Waals surface area contributed by atoms with Crippen LogP contribution in [-0.2, 0) is 10.0 Å². The van der Waals surface area contributed by atoms with E-state index < -0.39 is 10.0 Å². The van der Waals surface area contributed by atoms with Crippen LogP contribution >= 0.6 is 11.3 Å². The molecule has 4 nitrogen and oxygen atoms in total. The number of anilines is 1. The zero-order valence-corrected chi connectivity index (χ0v) is 14.8. The van der Waals surface area contributed by atoms with Crippen molar-refractivity contribution < 1.29 is 8.42 Å². The SMILES string of the molecule is CC(C)S(=O)(=O)NCCCCCNc1ccc2ccsc2c1. The average Bonchev–Trinajstić information content (AvgIpc) is 2.93. The Bertz CT molecular complexity index is 693. The predicted octanol–water partition coefficient (Wildman–Crippen LogP) is 3.81. The lowest BCUT2D eigenvalue weighted by molar-refractivity contribution is 0.566. The Kier molecular flexibility index (Phi) is 6.23. The molecule has 1 heterocycles. The molecule has 0 fully saturated rings. The van der Waals surface area contributed by atoms with Crippen LogP contribution in [0, 0.1) is 0 Å². The highest BCUT2D eigenvalue weighted by Gasteiger charge is 2.13. The molecule has 0 bridgehead atoms. The molecule has 2 N–H and O–H groups in total. The van der Waals surface area contributed by atoms with Crippen LogP contribution in [0.5, 0.6) is 0 Å². The topological polar surface area (TPSA) is 58.2 Å². The molecular formula is C16H24N2O2S2. The molecule has 0 radical (unpaired) electrons. The number of hydrogen-bond acceptors (Lipinski definition) is 4. The summed E-state index contributed by atoms with van der Waals surface area (Å²) >= 11 is 1.75. The lowest BCUT2D eigenvalue weighted by Crippen LogP contribution is -2.31. The van der Waals surface area contributed by atoms with Crippen LogP contribution in [0.15, 0.2) is 29.6 Å². The standard InChI is InChI=1S/C16H24N2O2S2/c1-13(2)22(19,20)18-10-5-3-4-9-17-15-7-6-14-8-11-21-16(14)12-15/h6-8,11-13,17-18H,3-5,9-10H2,1-2H3. The van der Waals surface area contributed by atoms with Crippen molar-refractivity contribution >= 4 is 37.1 Å². The zero-order valence-electron chi connectivity index (χ0n) is 13.1. The fraction of sp³-hybridized carbons (Fsp3) is 0.500. The van der Waals surface area contributed by atoms with Gasteiger partial charge < -0.3 is 5.32 Å². The van der Waals surface area contributed by atoms with Crippen LogP contribution in [0.3, 0.4) is 0 Å². The molecule has 0 spiro atoms. The summed E-state index contributed by atoms with van der Waals surface area (Å²) in [4.78, 5) is 0. The van der Waals surface area contributed by atoms with E-state index in [0.29, 0.717) is 6.54 Å². The largest absolute Gasteiger partial charge is 0.385 e. The van der Waals surface area contributed by atoms with E-state index in [2.05, 4.69) is 39.7 Å². The third kappa shape index (κ3) is 4.97. The molecule has 0 saturated heterocycles. The van der Waals surface area contributed by atoms with Gasteiger partial charge in [-0.3, -0.25) is 0 Å². The van der Waals surface area contributed by atoms with E-state index in [1.54, 1.807) is 25.2 Å². The minimum absolute atomic E-state index is 0.360. The van der Waals surface area contributed by atoms with Gasteiger partial charge in [0.1, 0.15) is 0 Å². The van der Waals surface area contributed by atoms with Crippen LogP contribution < -0.4 is 10.0 Å². The highest BCUT2D eigenvalue weighted by atomic mass is 32.2. The molecule has 1 aromatic carbocycles.